The van der Waals surface area contributed by atoms with Crippen molar-refractivity contribution < 1.29 is 4.79 Å². The molecule has 0 radical (unpaired) electrons. The smallest absolute Gasteiger partial charge is 0.259 e. The van der Waals surface area contributed by atoms with E-state index in [1.165, 1.54) is 10.4 Å². The summed E-state index contributed by atoms with van der Waals surface area (Å²) in [6.07, 6.45) is 3.86. The minimum Gasteiger partial charge on any atom is -0.341 e. The van der Waals surface area contributed by atoms with Crippen LogP contribution in [0.4, 0.5) is 0 Å². The Labute approximate surface area is 166 Å². The monoisotopic (exact) mass is 401 g/mol. The van der Waals surface area contributed by atoms with Gasteiger partial charge in [-0.15, -0.1) is 11.3 Å². The van der Waals surface area contributed by atoms with E-state index in [9.17, 15) is 9.59 Å². The molecule has 2 heterocycles. The summed E-state index contributed by atoms with van der Waals surface area (Å²) in [5.41, 5.74) is 2.13. The van der Waals surface area contributed by atoms with Crippen LogP contribution in [0, 0.1) is 0 Å². The van der Waals surface area contributed by atoms with Crippen molar-refractivity contribution in [1.29, 1.82) is 0 Å². The van der Waals surface area contributed by atoms with Gasteiger partial charge in [-0.2, -0.15) is 0 Å². The lowest BCUT2D eigenvalue weighted by Gasteiger charge is -2.17. The molecular formula is C20H20ClN3O2S. The van der Waals surface area contributed by atoms with Crippen molar-refractivity contribution in [2.75, 3.05) is 7.05 Å². The molecule has 0 unspecified atom stereocenters. The summed E-state index contributed by atoms with van der Waals surface area (Å²) in [6.45, 7) is 0.524. The Morgan fingerprint density at radius 3 is 2.85 bits per heavy atom. The van der Waals surface area contributed by atoms with Gasteiger partial charge < -0.3 is 9.88 Å². The predicted molar refractivity (Wildman–Crippen MR) is 109 cm³/mol. The number of H-pyrrole nitrogens is 1. The van der Waals surface area contributed by atoms with Gasteiger partial charge in [-0.3, -0.25) is 9.59 Å². The van der Waals surface area contributed by atoms with Gasteiger partial charge in [0, 0.05) is 36.3 Å². The van der Waals surface area contributed by atoms with Gasteiger partial charge in [0.05, 0.1) is 5.39 Å². The molecule has 7 heteroatoms. The number of aromatic nitrogens is 2. The molecule has 140 valence electrons. The van der Waals surface area contributed by atoms with Gasteiger partial charge in [0.15, 0.2) is 0 Å². The average Bonchev–Trinajstić information content (AvgIpc) is 3.22. The minimum absolute atomic E-state index is 0.0152. The normalized spacial score (nSPS) is 13.1. The number of aryl methyl sites for hydroxylation is 3. The molecule has 3 aromatic rings. The molecule has 1 amide bonds. The van der Waals surface area contributed by atoms with Crippen molar-refractivity contribution in [3.8, 4) is 0 Å². The highest BCUT2D eigenvalue weighted by molar-refractivity contribution is 7.18. The van der Waals surface area contributed by atoms with Crippen molar-refractivity contribution >= 4 is 39.1 Å². The van der Waals surface area contributed by atoms with Gasteiger partial charge in [0.1, 0.15) is 10.7 Å². The molecule has 0 bridgehead atoms. The van der Waals surface area contributed by atoms with Crippen LogP contribution in [-0.2, 0) is 30.6 Å². The number of amides is 1. The molecule has 5 nitrogen and oxygen atoms in total. The molecule has 1 N–H and O–H groups in total. The first kappa shape index (κ1) is 18.2. The van der Waals surface area contributed by atoms with Crippen LogP contribution >= 0.6 is 22.9 Å². The first-order chi connectivity index (χ1) is 13.0. The van der Waals surface area contributed by atoms with Crippen molar-refractivity contribution in [2.24, 2.45) is 0 Å². The van der Waals surface area contributed by atoms with Gasteiger partial charge >= 0.3 is 0 Å². The molecule has 1 aliphatic rings. The number of thiophene rings is 1. The van der Waals surface area contributed by atoms with E-state index < -0.39 is 0 Å². The first-order valence-electron chi connectivity index (χ1n) is 9.03. The van der Waals surface area contributed by atoms with E-state index in [1.54, 1.807) is 23.3 Å². The lowest BCUT2D eigenvalue weighted by molar-refractivity contribution is -0.130. The number of carbonyl (C=O) groups excluding carboxylic acids is 1. The maximum atomic E-state index is 12.5. The number of hydrogen-bond acceptors (Lipinski definition) is 4. The topological polar surface area (TPSA) is 66.1 Å². The molecule has 0 aliphatic heterocycles. The Balaban J connectivity index is 1.42. The van der Waals surface area contributed by atoms with Crippen molar-refractivity contribution in [3.63, 3.8) is 0 Å². The van der Waals surface area contributed by atoms with Crippen LogP contribution in [0.5, 0.6) is 0 Å². The van der Waals surface area contributed by atoms with E-state index in [4.69, 9.17) is 11.6 Å². The average molecular weight is 402 g/mol. The number of nitrogens with one attached hydrogen (secondary N) is 1. The fourth-order valence-electron chi connectivity index (χ4n) is 3.53. The molecule has 1 aromatic carbocycles. The van der Waals surface area contributed by atoms with Crippen molar-refractivity contribution in [2.45, 2.75) is 38.6 Å². The van der Waals surface area contributed by atoms with Gasteiger partial charge in [-0.25, -0.2) is 4.98 Å². The number of fused-ring (bicyclic) bond motifs is 3. The van der Waals surface area contributed by atoms with Crippen molar-refractivity contribution in [1.82, 2.24) is 14.9 Å². The molecule has 0 fully saturated rings. The molecule has 4 rings (SSSR count). The quantitative estimate of drug-likeness (QED) is 0.708. The molecule has 27 heavy (non-hydrogen) atoms. The molecule has 2 aromatic heterocycles. The second kappa shape index (κ2) is 7.44. The van der Waals surface area contributed by atoms with Crippen LogP contribution < -0.4 is 5.56 Å². The van der Waals surface area contributed by atoms with Crippen LogP contribution in [0.2, 0.25) is 5.02 Å². The number of aromatic amines is 1. The maximum Gasteiger partial charge on any atom is 0.259 e. The summed E-state index contributed by atoms with van der Waals surface area (Å²) in [4.78, 5) is 36.2. The Morgan fingerprint density at radius 1 is 1.30 bits per heavy atom. The fourth-order valence-corrected chi connectivity index (χ4v) is 4.94. The highest BCUT2D eigenvalue weighted by Gasteiger charge is 2.21. The number of carbonyl (C=O) groups is 1. The Bertz CT molecular complexity index is 1060. The SMILES string of the molecule is CN(Cc1ccc(Cl)cc1)C(=O)CCc1nc2sc3c(c2c(=O)[nH]1)CCC3. The van der Waals surface area contributed by atoms with Gasteiger partial charge in [-0.1, -0.05) is 23.7 Å². The minimum atomic E-state index is -0.0728. The standard InChI is InChI=1S/C20H20ClN3O2S/c1-24(11-12-5-7-13(21)8-6-12)17(25)10-9-16-22-19(26)18-14-3-2-4-15(14)27-20(18)23-16/h5-8H,2-4,9-11H2,1H3,(H,22,23,26). The third kappa shape index (κ3) is 3.77. The van der Waals surface area contributed by atoms with E-state index in [2.05, 4.69) is 9.97 Å². The van der Waals surface area contributed by atoms with E-state index in [0.717, 1.165) is 35.0 Å². The highest BCUT2D eigenvalue weighted by atomic mass is 35.5. The van der Waals surface area contributed by atoms with Gasteiger partial charge in [-0.05, 0) is 42.5 Å². The molecule has 1 aliphatic carbocycles. The molecule has 0 saturated heterocycles. The van der Waals surface area contributed by atoms with Crippen molar-refractivity contribution in [3.05, 3.63) is 61.5 Å². The van der Waals surface area contributed by atoms with Gasteiger partial charge in [0.2, 0.25) is 5.91 Å². The van der Waals surface area contributed by atoms with Crippen LogP contribution in [-0.4, -0.2) is 27.8 Å². The largest absolute Gasteiger partial charge is 0.341 e. The number of halogens is 1. The van der Waals surface area contributed by atoms with E-state index >= 15 is 0 Å². The van der Waals surface area contributed by atoms with Crippen LogP contribution in [0.25, 0.3) is 10.2 Å². The molecule has 0 saturated carbocycles. The zero-order valence-electron chi connectivity index (χ0n) is 15.0. The first-order valence-corrected chi connectivity index (χ1v) is 10.2. The summed E-state index contributed by atoms with van der Waals surface area (Å²) in [5.74, 6) is 0.599. The summed E-state index contributed by atoms with van der Waals surface area (Å²) < 4.78 is 0. The zero-order chi connectivity index (χ0) is 19.0. The number of nitrogens with zero attached hydrogens (tertiary/aromatic N) is 2. The summed E-state index contributed by atoms with van der Waals surface area (Å²) >= 11 is 7.51. The highest BCUT2D eigenvalue weighted by Crippen LogP contribution is 2.34. The lowest BCUT2D eigenvalue weighted by Crippen LogP contribution is -2.26. The third-order valence-corrected chi connectivity index (χ3v) is 6.40. The second-order valence-corrected chi connectivity index (χ2v) is 8.45. The zero-order valence-corrected chi connectivity index (χ0v) is 16.6. The molecule has 0 atom stereocenters. The van der Waals surface area contributed by atoms with Crippen LogP contribution in [0.1, 0.15) is 34.7 Å². The Morgan fingerprint density at radius 2 is 2.07 bits per heavy atom. The number of benzene rings is 1. The Hall–Kier alpha value is -2.18. The summed E-state index contributed by atoms with van der Waals surface area (Å²) in [5, 5.41) is 1.43. The van der Waals surface area contributed by atoms with Crippen LogP contribution in [0.3, 0.4) is 0 Å². The third-order valence-electron chi connectivity index (χ3n) is 4.96. The Kier molecular flexibility index (Phi) is 5.02. The second-order valence-electron chi connectivity index (χ2n) is 6.93. The van der Waals surface area contributed by atoms with E-state index in [0.29, 0.717) is 30.2 Å². The lowest BCUT2D eigenvalue weighted by atomic mass is 10.2. The predicted octanol–water partition coefficient (Wildman–Crippen LogP) is 3.72. The van der Waals surface area contributed by atoms with E-state index in [-0.39, 0.29) is 11.5 Å². The summed E-state index contributed by atoms with van der Waals surface area (Å²) in [7, 11) is 1.78. The molecule has 0 spiro atoms. The molecular weight excluding hydrogens is 382 g/mol. The van der Waals surface area contributed by atoms with E-state index in [1.807, 2.05) is 24.3 Å². The van der Waals surface area contributed by atoms with Gasteiger partial charge in [0.25, 0.3) is 5.56 Å². The maximum absolute atomic E-state index is 12.5. The number of hydrogen-bond donors (Lipinski definition) is 1. The van der Waals surface area contributed by atoms with Crippen LogP contribution in [0.15, 0.2) is 29.1 Å². The summed E-state index contributed by atoms with van der Waals surface area (Å²) in [6, 6.07) is 7.46. The number of rotatable bonds is 5. The fraction of sp³-hybridized carbons (Fsp3) is 0.350.